The topological polar surface area (TPSA) is 51.5 Å². The molecule has 7 heteroatoms. The van der Waals surface area contributed by atoms with E-state index in [1.165, 1.54) is 0 Å². The fourth-order valence-electron chi connectivity index (χ4n) is 2.89. The first-order chi connectivity index (χ1) is 11.7. The van der Waals surface area contributed by atoms with E-state index in [1.807, 2.05) is 34.9 Å². The molecule has 1 saturated heterocycles. The second-order valence-corrected chi connectivity index (χ2v) is 6.96. The molecule has 1 unspecified atom stereocenters. The number of benzene rings is 1. The van der Waals surface area contributed by atoms with Gasteiger partial charge in [0.05, 0.1) is 23.0 Å². The molecule has 0 radical (unpaired) electrons. The molecule has 2 aromatic heterocycles. The summed E-state index contributed by atoms with van der Waals surface area (Å²) in [6, 6.07) is 7.69. The first kappa shape index (κ1) is 15.9. The molecule has 24 heavy (non-hydrogen) atoms. The van der Waals surface area contributed by atoms with Gasteiger partial charge in [0.15, 0.2) is 11.5 Å². The van der Waals surface area contributed by atoms with Crippen LogP contribution in [0.3, 0.4) is 0 Å². The maximum Gasteiger partial charge on any atom is 0.181 e. The number of nitrogens with one attached hydrogen (secondary N) is 1. The van der Waals surface area contributed by atoms with Crippen molar-refractivity contribution in [2.75, 3.05) is 18.5 Å². The Labute approximate surface area is 153 Å². The smallest absolute Gasteiger partial charge is 0.181 e. The molecule has 0 aliphatic carbocycles. The number of halogens is 2. The molecule has 0 amide bonds. The summed E-state index contributed by atoms with van der Waals surface area (Å²) < 4.78 is 8.51. The predicted molar refractivity (Wildman–Crippen MR) is 98.6 cm³/mol. The molecule has 1 aliphatic rings. The van der Waals surface area contributed by atoms with Gasteiger partial charge >= 0.3 is 0 Å². The van der Waals surface area contributed by atoms with Crippen LogP contribution in [0.25, 0.3) is 16.9 Å². The predicted octanol–water partition coefficient (Wildman–Crippen LogP) is 4.40. The van der Waals surface area contributed by atoms with Crippen molar-refractivity contribution in [1.82, 2.24) is 14.4 Å². The largest absolute Gasteiger partial charge is 0.376 e. The van der Waals surface area contributed by atoms with Gasteiger partial charge in [0.25, 0.3) is 0 Å². The van der Waals surface area contributed by atoms with Gasteiger partial charge in [0.1, 0.15) is 4.60 Å². The highest BCUT2D eigenvalue weighted by atomic mass is 79.9. The van der Waals surface area contributed by atoms with Gasteiger partial charge in [-0.25, -0.2) is 9.97 Å². The van der Waals surface area contributed by atoms with Crippen molar-refractivity contribution in [1.29, 1.82) is 0 Å². The quantitative estimate of drug-likeness (QED) is 0.696. The van der Waals surface area contributed by atoms with Crippen molar-refractivity contribution in [2.45, 2.75) is 18.9 Å². The summed E-state index contributed by atoms with van der Waals surface area (Å²) >= 11 is 9.87. The van der Waals surface area contributed by atoms with E-state index in [9.17, 15) is 0 Å². The maximum atomic E-state index is 6.34. The normalized spacial score (nSPS) is 17.5. The van der Waals surface area contributed by atoms with E-state index in [2.05, 4.69) is 26.2 Å². The minimum absolute atomic E-state index is 0.231. The van der Waals surface area contributed by atoms with Crippen LogP contribution in [0.1, 0.15) is 12.8 Å². The number of imidazole rings is 1. The Bertz CT molecular complexity index is 876. The molecule has 4 rings (SSSR count). The van der Waals surface area contributed by atoms with Crippen molar-refractivity contribution in [3.05, 3.63) is 46.3 Å². The number of hydrogen-bond donors (Lipinski definition) is 1. The Hall–Kier alpha value is -1.63. The molecular formula is C17H16BrClN4O. The highest BCUT2D eigenvalue weighted by molar-refractivity contribution is 9.10. The van der Waals surface area contributed by atoms with E-state index in [-0.39, 0.29) is 6.10 Å². The van der Waals surface area contributed by atoms with Crippen LogP contribution >= 0.6 is 27.5 Å². The number of aromatic nitrogens is 3. The summed E-state index contributed by atoms with van der Waals surface area (Å²) in [5.41, 5.74) is 2.46. The third-order valence-corrected chi connectivity index (χ3v) is 5.03. The fraction of sp³-hybridized carbons (Fsp3) is 0.294. The second kappa shape index (κ2) is 6.70. The molecule has 0 spiro atoms. The molecule has 1 fully saturated rings. The van der Waals surface area contributed by atoms with E-state index >= 15 is 0 Å². The molecule has 1 aliphatic heterocycles. The van der Waals surface area contributed by atoms with Gasteiger partial charge in [-0.1, -0.05) is 29.8 Å². The van der Waals surface area contributed by atoms with Gasteiger partial charge in [-0.05, 0) is 34.8 Å². The molecule has 124 valence electrons. The van der Waals surface area contributed by atoms with Crippen LogP contribution in [0.4, 0.5) is 5.82 Å². The van der Waals surface area contributed by atoms with Crippen LogP contribution in [0.15, 0.2) is 41.3 Å². The lowest BCUT2D eigenvalue weighted by atomic mass is 10.1. The number of rotatable bonds is 4. The minimum Gasteiger partial charge on any atom is -0.376 e. The molecule has 3 heterocycles. The number of fused-ring (bicyclic) bond motifs is 1. The zero-order valence-corrected chi connectivity index (χ0v) is 15.2. The zero-order chi connectivity index (χ0) is 16.5. The van der Waals surface area contributed by atoms with Gasteiger partial charge in [-0.2, -0.15) is 0 Å². The Morgan fingerprint density at radius 2 is 2.25 bits per heavy atom. The summed E-state index contributed by atoms with van der Waals surface area (Å²) in [6.45, 7) is 1.56. The monoisotopic (exact) mass is 406 g/mol. The number of hydrogen-bond acceptors (Lipinski definition) is 4. The first-order valence-corrected chi connectivity index (χ1v) is 9.03. The molecule has 3 aromatic rings. The van der Waals surface area contributed by atoms with E-state index in [1.54, 1.807) is 6.20 Å². The Morgan fingerprint density at radius 1 is 1.38 bits per heavy atom. The van der Waals surface area contributed by atoms with E-state index in [4.69, 9.17) is 21.3 Å². The highest BCUT2D eigenvalue weighted by Crippen LogP contribution is 2.29. The van der Waals surface area contributed by atoms with Gasteiger partial charge < -0.3 is 10.1 Å². The molecule has 0 saturated carbocycles. The standard InChI is InChI=1S/C17H16BrClN4O/c18-15-9-21-17-16(20-8-11-4-3-7-24-11)22-14(10-23(15)17)12-5-1-2-6-13(12)19/h1-2,5-6,9-11H,3-4,7-8H2,(H,20,22). The van der Waals surface area contributed by atoms with Crippen molar-refractivity contribution in [2.24, 2.45) is 0 Å². The van der Waals surface area contributed by atoms with Crippen molar-refractivity contribution in [3.63, 3.8) is 0 Å². The van der Waals surface area contributed by atoms with Crippen molar-refractivity contribution < 1.29 is 4.74 Å². The summed E-state index contributed by atoms with van der Waals surface area (Å²) in [5.74, 6) is 0.730. The van der Waals surface area contributed by atoms with Gasteiger partial charge in [0.2, 0.25) is 0 Å². The average Bonchev–Trinajstić information content (AvgIpc) is 3.23. The van der Waals surface area contributed by atoms with Crippen LogP contribution in [0.2, 0.25) is 5.02 Å². The van der Waals surface area contributed by atoms with Crippen LogP contribution in [-0.2, 0) is 4.74 Å². The molecule has 1 N–H and O–H groups in total. The molecule has 5 nitrogen and oxygen atoms in total. The maximum absolute atomic E-state index is 6.34. The van der Waals surface area contributed by atoms with Crippen LogP contribution in [0.5, 0.6) is 0 Å². The third-order valence-electron chi connectivity index (χ3n) is 4.12. The number of nitrogens with zero attached hydrogens (tertiary/aromatic N) is 3. The summed E-state index contributed by atoms with van der Waals surface area (Å²) in [4.78, 5) is 9.19. The van der Waals surface area contributed by atoms with Crippen molar-refractivity contribution >= 4 is 39.0 Å². The zero-order valence-electron chi connectivity index (χ0n) is 12.9. The lowest BCUT2D eigenvalue weighted by Gasteiger charge is -2.14. The van der Waals surface area contributed by atoms with Gasteiger partial charge in [-0.15, -0.1) is 0 Å². The molecule has 1 atom stereocenters. The Balaban J connectivity index is 1.75. The molecular weight excluding hydrogens is 392 g/mol. The van der Waals surface area contributed by atoms with Gasteiger partial charge in [0, 0.05) is 24.9 Å². The van der Waals surface area contributed by atoms with E-state index in [0.717, 1.165) is 53.3 Å². The SMILES string of the molecule is Clc1ccccc1-c1cn2c(Br)cnc2c(NCC2CCCO2)n1. The highest BCUT2D eigenvalue weighted by Gasteiger charge is 2.18. The Kier molecular flexibility index (Phi) is 4.43. The Morgan fingerprint density at radius 3 is 3.04 bits per heavy atom. The number of anilines is 1. The lowest BCUT2D eigenvalue weighted by Crippen LogP contribution is -2.19. The van der Waals surface area contributed by atoms with Crippen molar-refractivity contribution in [3.8, 4) is 11.3 Å². The summed E-state index contributed by atoms with van der Waals surface area (Å²) in [5, 5.41) is 4.06. The summed E-state index contributed by atoms with van der Waals surface area (Å²) in [7, 11) is 0. The minimum atomic E-state index is 0.231. The average molecular weight is 408 g/mol. The lowest BCUT2D eigenvalue weighted by molar-refractivity contribution is 0.120. The first-order valence-electron chi connectivity index (χ1n) is 7.86. The molecule has 0 bridgehead atoms. The second-order valence-electron chi connectivity index (χ2n) is 5.75. The molecule has 1 aromatic carbocycles. The fourth-order valence-corrected chi connectivity index (χ4v) is 3.50. The van der Waals surface area contributed by atoms with E-state index < -0.39 is 0 Å². The van der Waals surface area contributed by atoms with Crippen LogP contribution < -0.4 is 5.32 Å². The third kappa shape index (κ3) is 3.01. The van der Waals surface area contributed by atoms with Gasteiger partial charge in [-0.3, -0.25) is 4.40 Å². The van der Waals surface area contributed by atoms with E-state index in [0.29, 0.717) is 5.02 Å². The van der Waals surface area contributed by atoms with Crippen LogP contribution in [0, 0.1) is 0 Å². The number of ether oxygens (including phenoxy) is 1. The van der Waals surface area contributed by atoms with Crippen LogP contribution in [-0.4, -0.2) is 33.6 Å². The summed E-state index contributed by atoms with van der Waals surface area (Å²) in [6.07, 6.45) is 6.12.